The van der Waals surface area contributed by atoms with Gasteiger partial charge >= 0.3 is 0 Å². The summed E-state index contributed by atoms with van der Waals surface area (Å²) in [6.07, 6.45) is 0.720. The number of thiazole rings is 1. The quantitative estimate of drug-likeness (QED) is 0.756. The van der Waals surface area contributed by atoms with Crippen LogP contribution in [0.15, 0.2) is 18.2 Å². The third-order valence-electron chi connectivity index (χ3n) is 3.25. The summed E-state index contributed by atoms with van der Waals surface area (Å²) in [6.45, 7) is 5.43. The van der Waals surface area contributed by atoms with Gasteiger partial charge in [-0.05, 0) is 30.5 Å². The SMILES string of the molecule is CC(=O)Nc1nc2ccc(C(=O)N[C@@H](CO)CC(C)C)cc2s1. The summed E-state index contributed by atoms with van der Waals surface area (Å²) in [5.41, 5.74) is 1.24. The smallest absolute Gasteiger partial charge is 0.251 e. The van der Waals surface area contributed by atoms with Gasteiger partial charge in [-0.3, -0.25) is 9.59 Å². The van der Waals surface area contributed by atoms with E-state index in [1.807, 2.05) is 13.8 Å². The molecule has 0 saturated heterocycles. The number of aliphatic hydroxyl groups is 1. The van der Waals surface area contributed by atoms with E-state index in [-0.39, 0.29) is 24.5 Å². The van der Waals surface area contributed by atoms with Crippen molar-refractivity contribution in [1.29, 1.82) is 0 Å². The summed E-state index contributed by atoms with van der Waals surface area (Å²) in [5, 5.41) is 15.4. The minimum atomic E-state index is -0.255. The second-order valence-electron chi connectivity index (χ2n) is 5.87. The van der Waals surface area contributed by atoms with Crippen molar-refractivity contribution in [2.24, 2.45) is 5.92 Å². The predicted molar refractivity (Wildman–Crippen MR) is 91.7 cm³/mol. The van der Waals surface area contributed by atoms with Gasteiger partial charge in [0, 0.05) is 12.5 Å². The number of anilines is 1. The van der Waals surface area contributed by atoms with Crippen molar-refractivity contribution in [2.75, 3.05) is 11.9 Å². The minimum Gasteiger partial charge on any atom is -0.394 e. The number of aromatic nitrogens is 1. The summed E-state index contributed by atoms with van der Waals surface area (Å²) in [7, 11) is 0. The van der Waals surface area contributed by atoms with Crippen LogP contribution in [0.5, 0.6) is 0 Å². The fraction of sp³-hybridized carbons (Fsp3) is 0.438. The highest BCUT2D eigenvalue weighted by Crippen LogP contribution is 2.26. The molecular weight excluding hydrogens is 314 g/mol. The maximum absolute atomic E-state index is 12.3. The van der Waals surface area contributed by atoms with Crippen molar-refractivity contribution >= 4 is 38.5 Å². The Labute approximate surface area is 138 Å². The third-order valence-corrected chi connectivity index (χ3v) is 4.18. The monoisotopic (exact) mass is 335 g/mol. The number of fused-ring (bicyclic) bond motifs is 1. The van der Waals surface area contributed by atoms with E-state index >= 15 is 0 Å². The number of hydrogen-bond donors (Lipinski definition) is 3. The van der Waals surface area contributed by atoms with Crippen LogP contribution in [-0.4, -0.2) is 34.6 Å². The number of aliphatic hydroxyl groups excluding tert-OH is 1. The standard InChI is InChI=1S/C16H21N3O3S/c1-9(2)6-12(8-20)18-15(22)11-4-5-13-14(7-11)23-16(19-13)17-10(3)21/h4-5,7,9,12,20H,6,8H2,1-3H3,(H,18,22)(H,17,19,21)/t12-/m1/s1. The van der Waals surface area contributed by atoms with E-state index in [1.54, 1.807) is 18.2 Å². The van der Waals surface area contributed by atoms with Crippen molar-refractivity contribution in [2.45, 2.75) is 33.2 Å². The van der Waals surface area contributed by atoms with E-state index in [9.17, 15) is 14.7 Å². The molecule has 0 bridgehead atoms. The molecule has 2 amide bonds. The molecule has 0 spiro atoms. The van der Waals surface area contributed by atoms with Gasteiger partial charge < -0.3 is 15.7 Å². The highest BCUT2D eigenvalue weighted by Gasteiger charge is 2.15. The summed E-state index contributed by atoms with van der Waals surface area (Å²) < 4.78 is 0.825. The van der Waals surface area contributed by atoms with Crippen LogP contribution in [0.4, 0.5) is 5.13 Å². The van der Waals surface area contributed by atoms with E-state index < -0.39 is 0 Å². The zero-order valence-electron chi connectivity index (χ0n) is 13.4. The topological polar surface area (TPSA) is 91.3 Å². The number of nitrogens with zero attached hydrogens (tertiary/aromatic N) is 1. The lowest BCUT2D eigenvalue weighted by Crippen LogP contribution is -2.38. The first-order valence-corrected chi connectivity index (χ1v) is 8.30. The Morgan fingerprint density at radius 1 is 1.35 bits per heavy atom. The Morgan fingerprint density at radius 2 is 2.09 bits per heavy atom. The van der Waals surface area contributed by atoms with Gasteiger partial charge in [-0.25, -0.2) is 4.98 Å². The molecule has 7 heteroatoms. The molecule has 0 radical (unpaired) electrons. The van der Waals surface area contributed by atoms with Gasteiger partial charge in [0.15, 0.2) is 5.13 Å². The minimum absolute atomic E-state index is 0.0839. The molecular formula is C16H21N3O3S. The number of amides is 2. The molecule has 0 aliphatic heterocycles. The normalized spacial score (nSPS) is 12.4. The van der Waals surface area contributed by atoms with Gasteiger partial charge in [0.25, 0.3) is 5.91 Å². The molecule has 23 heavy (non-hydrogen) atoms. The molecule has 2 rings (SSSR count). The highest BCUT2D eigenvalue weighted by molar-refractivity contribution is 7.22. The molecule has 1 aromatic heterocycles. The van der Waals surface area contributed by atoms with Gasteiger partial charge in [0.1, 0.15) is 0 Å². The first-order chi connectivity index (χ1) is 10.9. The fourth-order valence-corrected chi connectivity index (χ4v) is 3.24. The maximum Gasteiger partial charge on any atom is 0.251 e. The van der Waals surface area contributed by atoms with E-state index in [0.29, 0.717) is 16.6 Å². The van der Waals surface area contributed by atoms with Gasteiger partial charge in [-0.15, -0.1) is 0 Å². The lowest BCUT2D eigenvalue weighted by Gasteiger charge is -2.18. The molecule has 0 fully saturated rings. The molecule has 0 saturated carbocycles. The fourth-order valence-electron chi connectivity index (χ4n) is 2.29. The maximum atomic E-state index is 12.3. The molecule has 6 nitrogen and oxygen atoms in total. The Morgan fingerprint density at radius 3 is 2.70 bits per heavy atom. The Balaban J connectivity index is 2.15. The zero-order valence-corrected chi connectivity index (χ0v) is 14.2. The predicted octanol–water partition coefficient (Wildman–Crippen LogP) is 2.39. The van der Waals surface area contributed by atoms with Gasteiger partial charge in [0.05, 0.1) is 22.9 Å². The van der Waals surface area contributed by atoms with Crippen molar-refractivity contribution < 1.29 is 14.7 Å². The molecule has 2 aromatic rings. The lowest BCUT2D eigenvalue weighted by atomic mass is 10.0. The largest absolute Gasteiger partial charge is 0.394 e. The van der Waals surface area contributed by atoms with Crippen LogP contribution in [0.2, 0.25) is 0 Å². The Bertz CT molecular complexity index is 712. The molecule has 124 valence electrons. The number of rotatable bonds is 6. The third kappa shape index (κ3) is 4.74. The Kier molecular flexibility index (Phi) is 5.68. The molecule has 0 aliphatic carbocycles. The van der Waals surface area contributed by atoms with Crippen molar-refractivity contribution in [1.82, 2.24) is 10.3 Å². The average molecular weight is 335 g/mol. The van der Waals surface area contributed by atoms with Crippen LogP contribution in [0.3, 0.4) is 0 Å². The summed E-state index contributed by atoms with van der Waals surface area (Å²) in [5.74, 6) is -0.0146. The number of hydrogen-bond acceptors (Lipinski definition) is 5. The molecule has 0 unspecified atom stereocenters. The van der Waals surface area contributed by atoms with Gasteiger partial charge in [0.2, 0.25) is 5.91 Å². The number of carbonyl (C=O) groups is 2. The average Bonchev–Trinajstić information content (AvgIpc) is 2.85. The van der Waals surface area contributed by atoms with Crippen molar-refractivity contribution in [3.8, 4) is 0 Å². The first kappa shape index (κ1) is 17.4. The lowest BCUT2D eigenvalue weighted by molar-refractivity contribution is -0.114. The molecule has 1 heterocycles. The van der Waals surface area contributed by atoms with Gasteiger partial charge in [-0.1, -0.05) is 25.2 Å². The van der Waals surface area contributed by atoms with Crippen LogP contribution >= 0.6 is 11.3 Å². The zero-order chi connectivity index (χ0) is 17.0. The van der Waals surface area contributed by atoms with Crippen LogP contribution in [0, 0.1) is 5.92 Å². The molecule has 0 aliphatic rings. The number of nitrogens with one attached hydrogen (secondary N) is 2. The molecule has 1 atom stereocenters. The van der Waals surface area contributed by atoms with E-state index in [4.69, 9.17) is 0 Å². The van der Waals surface area contributed by atoms with E-state index in [0.717, 1.165) is 16.6 Å². The Hall–Kier alpha value is -1.99. The van der Waals surface area contributed by atoms with Crippen LogP contribution in [-0.2, 0) is 4.79 Å². The van der Waals surface area contributed by atoms with Gasteiger partial charge in [-0.2, -0.15) is 0 Å². The highest BCUT2D eigenvalue weighted by atomic mass is 32.1. The van der Waals surface area contributed by atoms with E-state index in [1.165, 1.54) is 18.3 Å². The van der Waals surface area contributed by atoms with Crippen molar-refractivity contribution in [3.05, 3.63) is 23.8 Å². The van der Waals surface area contributed by atoms with Crippen LogP contribution < -0.4 is 10.6 Å². The van der Waals surface area contributed by atoms with Crippen LogP contribution in [0.1, 0.15) is 37.6 Å². The first-order valence-electron chi connectivity index (χ1n) is 7.49. The number of carbonyl (C=O) groups excluding carboxylic acids is 2. The second kappa shape index (κ2) is 7.52. The summed E-state index contributed by atoms with van der Waals surface area (Å²) in [6, 6.07) is 4.94. The molecule has 3 N–H and O–H groups in total. The van der Waals surface area contributed by atoms with Crippen molar-refractivity contribution in [3.63, 3.8) is 0 Å². The summed E-state index contributed by atoms with van der Waals surface area (Å²) in [4.78, 5) is 27.7. The number of benzene rings is 1. The van der Waals surface area contributed by atoms with E-state index in [2.05, 4.69) is 15.6 Å². The summed E-state index contributed by atoms with van der Waals surface area (Å²) >= 11 is 1.32. The second-order valence-corrected chi connectivity index (χ2v) is 6.90. The van der Waals surface area contributed by atoms with Crippen LogP contribution in [0.25, 0.3) is 10.2 Å². The molecule has 1 aromatic carbocycles.